The first kappa shape index (κ1) is 11.5. The summed E-state index contributed by atoms with van der Waals surface area (Å²) in [6.45, 7) is 3.47. The lowest BCUT2D eigenvalue weighted by Crippen LogP contribution is -2.48. The van der Waals surface area contributed by atoms with E-state index in [0.29, 0.717) is 6.61 Å². The Morgan fingerprint density at radius 1 is 1.71 bits per heavy atom. The number of nitrogens with two attached hydrogens (primary N) is 1. The van der Waals surface area contributed by atoms with E-state index >= 15 is 0 Å². The first-order chi connectivity index (χ1) is 6.74. The predicted molar refractivity (Wildman–Crippen MR) is 54.9 cm³/mol. The molecule has 1 aliphatic heterocycles. The molecule has 1 heterocycles. The first-order valence-electron chi connectivity index (χ1n) is 5.37. The Morgan fingerprint density at radius 2 is 2.50 bits per heavy atom. The van der Waals surface area contributed by atoms with Crippen LogP contribution in [-0.4, -0.2) is 31.2 Å². The molecular formula is C10H20N2O2. The van der Waals surface area contributed by atoms with Crippen molar-refractivity contribution in [1.29, 1.82) is 0 Å². The van der Waals surface area contributed by atoms with Gasteiger partial charge in [-0.05, 0) is 19.3 Å². The van der Waals surface area contributed by atoms with Crippen molar-refractivity contribution in [3.63, 3.8) is 0 Å². The SMILES string of the molecule is CCC[C@@H](N)C(=O)NC1CCCOC1. The van der Waals surface area contributed by atoms with Gasteiger partial charge in [-0.3, -0.25) is 4.79 Å². The Balaban J connectivity index is 2.24. The van der Waals surface area contributed by atoms with Gasteiger partial charge in [-0.15, -0.1) is 0 Å². The number of carbonyl (C=O) groups excluding carboxylic acids is 1. The molecule has 0 aromatic rings. The fourth-order valence-corrected chi connectivity index (χ4v) is 1.60. The van der Waals surface area contributed by atoms with Crippen LogP contribution in [0.2, 0.25) is 0 Å². The van der Waals surface area contributed by atoms with E-state index in [4.69, 9.17) is 10.5 Å². The van der Waals surface area contributed by atoms with Crippen molar-refractivity contribution in [2.75, 3.05) is 13.2 Å². The molecule has 0 radical (unpaired) electrons. The smallest absolute Gasteiger partial charge is 0.237 e. The molecule has 0 aromatic carbocycles. The third kappa shape index (κ3) is 3.64. The maximum Gasteiger partial charge on any atom is 0.237 e. The molecule has 1 amide bonds. The summed E-state index contributed by atoms with van der Waals surface area (Å²) in [6, 6.07) is -0.193. The van der Waals surface area contributed by atoms with Crippen molar-refractivity contribution in [3.05, 3.63) is 0 Å². The summed E-state index contributed by atoms with van der Waals surface area (Å²) in [5.41, 5.74) is 5.69. The molecule has 4 heteroatoms. The topological polar surface area (TPSA) is 64.4 Å². The molecule has 0 spiro atoms. The van der Waals surface area contributed by atoms with Crippen LogP contribution in [0, 0.1) is 0 Å². The Hall–Kier alpha value is -0.610. The second-order valence-corrected chi connectivity index (χ2v) is 3.82. The average molecular weight is 200 g/mol. The highest BCUT2D eigenvalue weighted by Gasteiger charge is 2.19. The molecule has 0 saturated carbocycles. The van der Waals surface area contributed by atoms with Crippen LogP contribution in [0.3, 0.4) is 0 Å². The largest absolute Gasteiger partial charge is 0.379 e. The zero-order valence-electron chi connectivity index (χ0n) is 8.79. The third-order valence-electron chi connectivity index (χ3n) is 2.44. The minimum Gasteiger partial charge on any atom is -0.379 e. The molecule has 2 atom stereocenters. The molecule has 3 N–H and O–H groups in total. The molecule has 0 aromatic heterocycles. The van der Waals surface area contributed by atoms with E-state index in [0.717, 1.165) is 32.3 Å². The maximum absolute atomic E-state index is 11.5. The van der Waals surface area contributed by atoms with Gasteiger partial charge >= 0.3 is 0 Å². The van der Waals surface area contributed by atoms with Gasteiger partial charge in [0, 0.05) is 6.61 Å². The molecule has 1 rings (SSSR count). The Morgan fingerprint density at radius 3 is 3.07 bits per heavy atom. The van der Waals surface area contributed by atoms with Gasteiger partial charge in [0.2, 0.25) is 5.91 Å². The van der Waals surface area contributed by atoms with Crippen molar-refractivity contribution < 1.29 is 9.53 Å². The van der Waals surface area contributed by atoms with Crippen LogP contribution in [0.25, 0.3) is 0 Å². The summed E-state index contributed by atoms with van der Waals surface area (Å²) < 4.78 is 5.27. The average Bonchev–Trinajstić information content (AvgIpc) is 2.19. The molecule has 1 aliphatic rings. The van der Waals surface area contributed by atoms with Crippen LogP contribution in [0.1, 0.15) is 32.6 Å². The lowest BCUT2D eigenvalue weighted by atomic mass is 10.1. The molecule has 1 saturated heterocycles. The van der Waals surface area contributed by atoms with Crippen molar-refractivity contribution in [3.8, 4) is 0 Å². The fourth-order valence-electron chi connectivity index (χ4n) is 1.60. The highest BCUT2D eigenvalue weighted by atomic mass is 16.5. The van der Waals surface area contributed by atoms with E-state index in [1.807, 2.05) is 6.92 Å². The van der Waals surface area contributed by atoms with Crippen molar-refractivity contribution in [2.45, 2.75) is 44.7 Å². The van der Waals surface area contributed by atoms with Crippen molar-refractivity contribution in [1.82, 2.24) is 5.32 Å². The van der Waals surface area contributed by atoms with Crippen LogP contribution in [-0.2, 0) is 9.53 Å². The van der Waals surface area contributed by atoms with Gasteiger partial charge in [0.05, 0.1) is 18.7 Å². The summed E-state index contributed by atoms with van der Waals surface area (Å²) >= 11 is 0. The molecular weight excluding hydrogens is 180 g/mol. The van der Waals surface area contributed by atoms with Gasteiger partial charge in [-0.2, -0.15) is 0 Å². The third-order valence-corrected chi connectivity index (χ3v) is 2.44. The van der Waals surface area contributed by atoms with Crippen LogP contribution < -0.4 is 11.1 Å². The molecule has 0 aliphatic carbocycles. The van der Waals surface area contributed by atoms with Crippen LogP contribution in [0.15, 0.2) is 0 Å². The minimum absolute atomic E-state index is 0.0395. The Bertz CT molecular complexity index is 179. The van der Waals surface area contributed by atoms with Gasteiger partial charge < -0.3 is 15.8 Å². The zero-order chi connectivity index (χ0) is 10.4. The van der Waals surface area contributed by atoms with E-state index in [9.17, 15) is 4.79 Å². The summed E-state index contributed by atoms with van der Waals surface area (Å²) in [5.74, 6) is -0.0395. The second-order valence-electron chi connectivity index (χ2n) is 3.82. The zero-order valence-corrected chi connectivity index (χ0v) is 8.79. The molecule has 0 bridgehead atoms. The standard InChI is InChI=1S/C10H20N2O2/c1-2-4-9(11)10(13)12-8-5-3-6-14-7-8/h8-9H,2-7,11H2,1H3,(H,12,13)/t8?,9-/m1/s1. The number of ether oxygens (including phenoxy) is 1. The number of amides is 1. The number of rotatable bonds is 4. The van der Waals surface area contributed by atoms with Crippen molar-refractivity contribution >= 4 is 5.91 Å². The lowest BCUT2D eigenvalue weighted by molar-refractivity contribution is -0.124. The molecule has 4 nitrogen and oxygen atoms in total. The van der Waals surface area contributed by atoms with Gasteiger partial charge in [0.1, 0.15) is 0 Å². The lowest BCUT2D eigenvalue weighted by Gasteiger charge is -2.24. The van der Waals surface area contributed by atoms with E-state index in [-0.39, 0.29) is 18.0 Å². The van der Waals surface area contributed by atoms with E-state index in [1.165, 1.54) is 0 Å². The number of hydrogen-bond acceptors (Lipinski definition) is 3. The predicted octanol–water partition coefficient (Wildman–Crippen LogP) is 0.409. The normalized spacial score (nSPS) is 24.3. The maximum atomic E-state index is 11.5. The summed E-state index contributed by atoms with van der Waals surface area (Å²) in [7, 11) is 0. The Kier molecular flexibility index (Phi) is 4.90. The molecule has 14 heavy (non-hydrogen) atoms. The van der Waals surface area contributed by atoms with Crippen LogP contribution in [0.4, 0.5) is 0 Å². The van der Waals surface area contributed by atoms with Crippen LogP contribution >= 0.6 is 0 Å². The monoisotopic (exact) mass is 200 g/mol. The van der Waals surface area contributed by atoms with E-state index < -0.39 is 0 Å². The molecule has 1 unspecified atom stereocenters. The summed E-state index contributed by atoms with van der Waals surface area (Å²) in [6.07, 6.45) is 3.72. The van der Waals surface area contributed by atoms with E-state index in [1.54, 1.807) is 0 Å². The number of carbonyl (C=O) groups is 1. The molecule has 1 fully saturated rings. The summed E-state index contributed by atoms with van der Waals surface area (Å²) in [5, 5.41) is 2.91. The second kappa shape index (κ2) is 5.98. The highest BCUT2D eigenvalue weighted by molar-refractivity contribution is 5.81. The fraction of sp³-hybridized carbons (Fsp3) is 0.900. The van der Waals surface area contributed by atoms with Gasteiger partial charge in [-0.25, -0.2) is 0 Å². The first-order valence-corrected chi connectivity index (χ1v) is 5.37. The van der Waals surface area contributed by atoms with Gasteiger partial charge in [0.25, 0.3) is 0 Å². The van der Waals surface area contributed by atoms with Gasteiger partial charge in [-0.1, -0.05) is 13.3 Å². The van der Waals surface area contributed by atoms with Crippen LogP contribution in [0.5, 0.6) is 0 Å². The number of nitrogens with one attached hydrogen (secondary N) is 1. The minimum atomic E-state index is -0.359. The quantitative estimate of drug-likeness (QED) is 0.691. The molecule has 82 valence electrons. The van der Waals surface area contributed by atoms with Gasteiger partial charge in [0.15, 0.2) is 0 Å². The number of hydrogen-bond donors (Lipinski definition) is 2. The van der Waals surface area contributed by atoms with E-state index in [2.05, 4.69) is 5.32 Å². The highest BCUT2D eigenvalue weighted by Crippen LogP contribution is 2.06. The summed E-state index contributed by atoms with van der Waals surface area (Å²) in [4.78, 5) is 11.5. The Labute approximate surface area is 85.2 Å². The van der Waals surface area contributed by atoms with Crippen molar-refractivity contribution in [2.24, 2.45) is 5.73 Å².